The van der Waals surface area contributed by atoms with Crippen molar-refractivity contribution in [2.24, 2.45) is 0 Å². The van der Waals surface area contributed by atoms with Crippen LogP contribution in [0.2, 0.25) is 0 Å². The maximum atomic E-state index is 14.3. The molecule has 0 bridgehead atoms. The Morgan fingerprint density at radius 2 is 1.88 bits per heavy atom. The molecule has 0 unspecified atom stereocenters. The number of thioether (sulfide) groups is 1. The van der Waals surface area contributed by atoms with Gasteiger partial charge in [-0.25, -0.2) is 4.39 Å². The molecule has 2 rings (SSSR count). The Balaban J connectivity index is 2.35. The molecular weight excluding hydrogens is 342 g/mol. The summed E-state index contributed by atoms with van der Waals surface area (Å²) < 4.78 is 26.4. The van der Waals surface area contributed by atoms with Crippen molar-refractivity contribution in [1.29, 1.82) is 0 Å². The summed E-state index contributed by atoms with van der Waals surface area (Å²) >= 11 is 1.13. The average Bonchev–Trinajstić information content (AvgIpc) is 2.72. The number of aliphatic hydroxyl groups excluding tert-OH is 1. The zero-order valence-electron chi connectivity index (χ0n) is 15.3. The van der Waals surface area contributed by atoms with Gasteiger partial charge in [-0.05, 0) is 44.8 Å². The molecule has 0 aromatic heterocycles. The number of rotatable bonds is 5. The number of halogens is 1. The van der Waals surface area contributed by atoms with Gasteiger partial charge in [-0.1, -0.05) is 30.0 Å². The van der Waals surface area contributed by atoms with Crippen LogP contribution in [0.25, 0.3) is 6.08 Å². The maximum Gasteiger partial charge on any atom is 0.491 e. The van der Waals surface area contributed by atoms with Crippen LogP contribution in [0, 0.1) is 5.82 Å². The Morgan fingerprint density at radius 1 is 1.28 bits per heavy atom. The minimum atomic E-state index is -0.645. The van der Waals surface area contributed by atoms with Gasteiger partial charge in [-0.3, -0.25) is 4.79 Å². The third-order valence-corrected chi connectivity index (χ3v) is 5.47. The lowest BCUT2D eigenvalue weighted by atomic mass is 9.78. The molecule has 1 N–H and O–H groups in total. The molecule has 25 heavy (non-hydrogen) atoms. The first kappa shape index (κ1) is 20.2. The average molecular weight is 366 g/mol. The van der Waals surface area contributed by atoms with Crippen molar-refractivity contribution in [3.8, 4) is 0 Å². The van der Waals surface area contributed by atoms with Gasteiger partial charge < -0.3 is 14.4 Å². The minimum absolute atomic E-state index is 0.0292. The molecule has 136 valence electrons. The van der Waals surface area contributed by atoms with Gasteiger partial charge >= 0.3 is 7.12 Å². The van der Waals surface area contributed by atoms with Crippen LogP contribution in [0.3, 0.4) is 0 Å². The second-order valence-corrected chi connectivity index (χ2v) is 8.25. The molecule has 0 aliphatic carbocycles. The maximum absolute atomic E-state index is 14.3. The molecule has 0 atom stereocenters. The van der Waals surface area contributed by atoms with E-state index in [9.17, 15) is 9.18 Å². The molecule has 1 aliphatic rings. The predicted octanol–water partition coefficient (Wildman–Crippen LogP) is 3.61. The van der Waals surface area contributed by atoms with Crippen molar-refractivity contribution in [3.05, 3.63) is 40.6 Å². The van der Waals surface area contributed by atoms with Gasteiger partial charge in [-0.15, -0.1) is 0 Å². The zero-order valence-corrected chi connectivity index (χ0v) is 16.1. The van der Waals surface area contributed by atoms with Gasteiger partial charge in [0.15, 0.2) is 5.12 Å². The Labute approximate surface area is 152 Å². The van der Waals surface area contributed by atoms with Gasteiger partial charge in [0.05, 0.1) is 17.8 Å². The van der Waals surface area contributed by atoms with Crippen molar-refractivity contribution >= 4 is 30.1 Å². The molecular formula is C18H24BFO4S. The molecule has 0 saturated carbocycles. The Hall–Kier alpha value is -1.15. The summed E-state index contributed by atoms with van der Waals surface area (Å²) in [6, 6.07) is 4.56. The summed E-state index contributed by atoms with van der Waals surface area (Å²) in [5.41, 5.74) is 0.527. The van der Waals surface area contributed by atoms with Crippen molar-refractivity contribution in [2.45, 2.75) is 52.4 Å². The second-order valence-electron chi connectivity index (χ2n) is 7.10. The van der Waals surface area contributed by atoms with Gasteiger partial charge in [0, 0.05) is 18.2 Å². The summed E-state index contributed by atoms with van der Waals surface area (Å²) in [7, 11) is -0.645. The van der Waals surface area contributed by atoms with Crippen LogP contribution < -0.4 is 0 Å². The third-order valence-electron chi connectivity index (χ3n) is 4.59. The van der Waals surface area contributed by atoms with E-state index in [0.717, 1.165) is 11.8 Å². The van der Waals surface area contributed by atoms with Crippen molar-refractivity contribution in [2.75, 3.05) is 5.75 Å². The second kappa shape index (κ2) is 7.62. The molecule has 1 saturated heterocycles. The molecule has 7 heteroatoms. The number of carbonyl (C=O) groups excluding carboxylic acids is 1. The van der Waals surface area contributed by atoms with Gasteiger partial charge in [0.25, 0.3) is 0 Å². The highest BCUT2D eigenvalue weighted by atomic mass is 32.2. The molecule has 1 heterocycles. The number of carbonyl (C=O) groups is 1. The van der Waals surface area contributed by atoms with Gasteiger partial charge in [0.2, 0.25) is 0 Å². The molecule has 0 spiro atoms. The van der Waals surface area contributed by atoms with Crippen LogP contribution in [-0.4, -0.2) is 34.3 Å². The Kier molecular flexibility index (Phi) is 6.15. The fourth-order valence-corrected chi connectivity index (χ4v) is 2.93. The van der Waals surface area contributed by atoms with Gasteiger partial charge in [0.1, 0.15) is 5.82 Å². The SMILES string of the molecule is CC(=O)SCC(=Cc1ccc(CO)cc1F)B1OC(C)(C)C(C)(C)O1. The molecule has 0 radical (unpaired) electrons. The summed E-state index contributed by atoms with van der Waals surface area (Å²) in [6.07, 6.45) is 1.66. The Bertz CT molecular complexity index is 672. The van der Waals surface area contributed by atoms with Crippen LogP contribution in [0.15, 0.2) is 23.7 Å². The normalized spacial score (nSPS) is 19.3. The number of aliphatic hydroxyl groups is 1. The van der Waals surface area contributed by atoms with Crippen molar-refractivity contribution < 1.29 is 23.6 Å². The zero-order chi connectivity index (χ0) is 18.8. The lowest BCUT2D eigenvalue weighted by molar-refractivity contribution is -0.109. The minimum Gasteiger partial charge on any atom is -0.400 e. The quantitative estimate of drug-likeness (QED) is 0.807. The first-order chi connectivity index (χ1) is 11.6. The third kappa shape index (κ3) is 4.73. The van der Waals surface area contributed by atoms with E-state index < -0.39 is 24.1 Å². The van der Waals surface area contributed by atoms with Crippen molar-refractivity contribution in [3.63, 3.8) is 0 Å². The fraction of sp³-hybridized carbons (Fsp3) is 0.500. The fourth-order valence-electron chi connectivity index (χ4n) is 2.34. The molecule has 1 aromatic rings. The first-order valence-corrected chi connectivity index (χ1v) is 9.13. The van der Waals surface area contributed by atoms with E-state index in [0.29, 0.717) is 22.4 Å². The van der Waals surface area contributed by atoms with Crippen LogP contribution in [0.4, 0.5) is 4.39 Å². The smallest absolute Gasteiger partial charge is 0.400 e. The summed E-state index contributed by atoms with van der Waals surface area (Å²) in [6.45, 7) is 9.05. The predicted molar refractivity (Wildman–Crippen MR) is 99.5 cm³/mol. The van der Waals surface area contributed by atoms with E-state index in [1.54, 1.807) is 18.2 Å². The molecule has 1 aromatic carbocycles. The van der Waals surface area contributed by atoms with Gasteiger partial charge in [-0.2, -0.15) is 0 Å². The number of hydrogen-bond acceptors (Lipinski definition) is 5. The highest BCUT2D eigenvalue weighted by Crippen LogP contribution is 2.39. The highest BCUT2D eigenvalue weighted by Gasteiger charge is 2.52. The lowest BCUT2D eigenvalue weighted by Gasteiger charge is -2.32. The summed E-state index contributed by atoms with van der Waals surface area (Å²) in [4.78, 5) is 11.4. The van der Waals surface area contributed by atoms with Crippen molar-refractivity contribution in [1.82, 2.24) is 0 Å². The first-order valence-electron chi connectivity index (χ1n) is 8.14. The topological polar surface area (TPSA) is 55.8 Å². The van der Waals surface area contributed by atoms with E-state index >= 15 is 0 Å². The molecule has 1 aliphatic heterocycles. The summed E-state index contributed by atoms with van der Waals surface area (Å²) in [5.74, 6) is -0.0822. The van der Waals surface area contributed by atoms with E-state index in [2.05, 4.69) is 0 Å². The molecule has 4 nitrogen and oxygen atoms in total. The number of benzene rings is 1. The standard InChI is InChI=1S/C18H24BFO4S/c1-12(22)25-11-15(19-23-17(2,3)18(4,5)24-19)9-14-7-6-13(10-21)8-16(14)20/h6-9,21H,10-11H2,1-5H3. The van der Waals surface area contributed by atoms with E-state index in [-0.39, 0.29) is 11.7 Å². The number of hydrogen-bond donors (Lipinski definition) is 1. The van der Waals surface area contributed by atoms with E-state index in [4.69, 9.17) is 14.4 Å². The van der Waals surface area contributed by atoms with Crippen LogP contribution >= 0.6 is 11.8 Å². The van der Waals surface area contributed by atoms with E-state index in [1.165, 1.54) is 13.0 Å². The van der Waals surface area contributed by atoms with Crippen LogP contribution in [0.1, 0.15) is 45.7 Å². The molecule has 1 fully saturated rings. The largest absolute Gasteiger partial charge is 0.491 e. The highest BCUT2D eigenvalue weighted by molar-refractivity contribution is 8.13. The van der Waals surface area contributed by atoms with Crippen LogP contribution in [-0.2, 0) is 20.7 Å². The lowest BCUT2D eigenvalue weighted by Crippen LogP contribution is -2.41. The summed E-state index contributed by atoms with van der Waals surface area (Å²) in [5, 5.41) is 9.08. The Morgan fingerprint density at radius 3 is 2.36 bits per heavy atom. The molecule has 0 amide bonds. The van der Waals surface area contributed by atoms with Crippen LogP contribution in [0.5, 0.6) is 0 Å². The van der Waals surface area contributed by atoms with E-state index in [1.807, 2.05) is 27.7 Å². The monoisotopic (exact) mass is 366 g/mol.